The maximum absolute atomic E-state index is 15.7. The van der Waals surface area contributed by atoms with Crippen LogP contribution in [0.15, 0.2) is 53.5 Å². The lowest BCUT2D eigenvalue weighted by Gasteiger charge is -2.28. The Labute approximate surface area is 229 Å². The zero-order chi connectivity index (χ0) is 27.4. The van der Waals surface area contributed by atoms with Crippen molar-refractivity contribution in [2.45, 2.75) is 12.5 Å². The van der Waals surface area contributed by atoms with E-state index in [1.165, 1.54) is 6.07 Å². The number of nitrogens with one attached hydrogen (secondary N) is 1. The lowest BCUT2D eigenvalue weighted by atomic mass is 10.0. The topological polar surface area (TPSA) is 102 Å². The molecule has 1 unspecified atom stereocenters. The van der Waals surface area contributed by atoms with Gasteiger partial charge in [0.2, 0.25) is 5.43 Å². The summed E-state index contributed by atoms with van der Waals surface area (Å²) in [6.45, 7) is 5.06. The first-order valence-corrected chi connectivity index (χ1v) is 13.7. The molecule has 3 N–H and O–H groups in total. The van der Waals surface area contributed by atoms with Crippen molar-refractivity contribution in [3.8, 4) is 17.2 Å². The number of ether oxygens (including phenoxy) is 2. The molecule has 0 radical (unpaired) electrons. The Hall–Kier alpha value is -3.99. The number of anilines is 1. The lowest BCUT2D eigenvalue weighted by Crippen LogP contribution is -2.39. The van der Waals surface area contributed by atoms with Gasteiger partial charge in [0, 0.05) is 51.5 Å². The first-order chi connectivity index (χ1) is 19.5. The molecule has 4 aromatic rings. The Balaban J connectivity index is 1.38. The summed E-state index contributed by atoms with van der Waals surface area (Å²) in [4.78, 5) is 31.1. The molecule has 0 bridgehead atoms. The van der Waals surface area contributed by atoms with E-state index in [4.69, 9.17) is 15.2 Å². The normalized spacial score (nSPS) is 18.6. The van der Waals surface area contributed by atoms with E-state index in [1.54, 1.807) is 15.7 Å². The average Bonchev–Trinajstić information content (AvgIpc) is 3.41. The maximum atomic E-state index is 15.7. The minimum absolute atomic E-state index is 0.0130. The monoisotopic (exact) mass is 543 g/mol. The van der Waals surface area contributed by atoms with Gasteiger partial charge in [-0.15, -0.1) is 0 Å². The van der Waals surface area contributed by atoms with Crippen molar-refractivity contribution in [1.82, 2.24) is 14.4 Å². The largest absolute Gasteiger partial charge is 0.451 e. The summed E-state index contributed by atoms with van der Waals surface area (Å²) in [6.07, 6.45) is 2.25. The van der Waals surface area contributed by atoms with E-state index in [0.717, 1.165) is 23.9 Å². The van der Waals surface area contributed by atoms with Gasteiger partial charge < -0.3 is 30.0 Å². The molecular weight excluding hydrogens is 513 g/mol. The second-order valence-electron chi connectivity index (χ2n) is 10.7. The van der Waals surface area contributed by atoms with Crippen molar-refractivity contribution in [2.24, 2.45) is 5.73 Å². The Morgan fingerprint density at radius 3 is 2.62 bits per heavy atom. The summed E-state index contributed by atoms with van der Waals surface area (Å²) in [5.41, 5.74) is 6.79. The molecule has 40 heavy (non-hydrogen) atoms. The summed E-state index contributed by atoms with van der Waals surface area (Å²) in [5.74, 6) is -0.254. The highest BCUT2D eigenvalue weighted by molar-refractivity contribution is 6.02. The molecule has 3 aliphatic rings. The number of nitrogens with zero attached hydrogens (tertiary/aromatic N) is 3. The lowest BCUT2D eigenvalue weighted by molar-refractivity contribution is 0.0398. The molecule has 0 spiro atoms. The molecule has 10 heteroatoms. The number of likely N-dealkylation sites (tertiary alicyclic amines) is 1. The first-order valence-electron chi connectivity index (χ1n) is 13.7. The van der Waals surface area contributed by atoms with Gasteiger partial charge in [0.25, 0.3) is 5.91 Å². The maximum Gasteiger partial charge on any atom is 0.259 e. The molecule has 3 aromatic carbocycles. The highest BCUT2D eigenvalue weighted by Gasteiger charge is 2.31. The third kappa shape index (κ3) is 4.19. The minimum Gasteiger partial charge on any atom is -0.451 e. The molecule has 0 aliphatic carbocycles. The van der Waals surface area contributed by atoms with Gasteiger partial charge in [0.15, 0.2) is 17.3 Å². The standard InChI is InChI=1S/C30H30FN5O4/c31-23-15-21-27-29(26(23)33-6-8-34-9-11-39-12-10-34)40-25-14-19-4-2-1-3-18(19)13-24(25)36(27)17-22(28(21)37)30(38)35-7-5-20(32)16-35/h1-4,13-15,17,20,33H,5-12,16,32H2. The predicted octanol–water partition coefficient (Wildman–Crippen LogP) is 3.31. The number of amides is 1. The Bertz CT molecular complexity index is 1710. The highest BCUT2D eigenvalue weighted by Crippen LogP contribution is 2.46. The summed E-state index contributed by atoms with van der Waals surface area (Å²) >= 11 is 0. The number of rotatable bonds is 5. The fourth-order valence-corrected chi connectivity index (χ4v) is 5.93. The number of hydrogen-bond donors (Lipinski definition) is 2. The number of carbonyl (C=O) groups is 1. The Morgan fingerprint density at radius 1 is 1.10 bits per heavy atom. The number of fused-ring (bicyclic) bond motifs is 3. The number of morpholine rings is 1. The van der Waals surface area contributed by atoms with Crippen molar-refractivity contribution in [1.29, 1.82) is 0 Å². The number of halogens is 1. The molecule has 3 aliphatic heterocycles. The SMILES string of the molecule is NC1CCN(C(=O)c2cn3c4c(c(NCCN5CCOCC5)c(F)cc4c2=O)Oc2cc4ccccc4cc2-3)C1. The van der Waals surface area contributed by atoms with Gasteiger partial charge in [-0.1, -0.05) is 24.3 Å². The summed E-state index contributed by atoms with van der Waals surface area (Å²) in [5, 5.41) is 5.25. The molecule has 1 aromatic heterocycles. The van der Waals surface area contributed by atoms with E-state index >= 15 is 4.39 Å². The highest BCUT2D eigenvalue weighted by atomic mass is 19.1. The van der Waals surface area contributed by atoms with E-state index in [-0.39, 0.29) is 28.4 Å². The smallest absolute Gasteiger partial charge is 0.259 e. The molecule has 2 fully saturated rings. The predicted molar refractivity (Wildman–Crippen MR) is 151 cm³/mol. The zero-order valence-electron chi connectivity index (χ0n) is 22.0. The average molecular weight is 544 g/mol. The minimum atomic E-state index is -0.606. The van der Waals surface area contributed by atoms with Crippen LogP contribution in [0.5, 0.6) is 11.5 Å². The Kier molecular flexibility index (Phi) is 6.18. The van der Waals surface area contributed by atoms with E-state index in [0.29, 0.717) is 62.8 Å². The molecule has 1 atom stereocenters. The molecule has 2 saturated heterocycles. The fraction of sp³-hybridized carbons (Fsp3) is 0.333. The fourth-order valence-electron chi connectivity index (χ4n) is 5.93. The van der Waals surface area contributed by atoms with Gasteiger partial charge in [-0.3, -0.25) is 14.5 Å². The molecule has 7 rings (SSSR count). The third-order valence-corrected chi connectivity index (χ3v) is 8.07. The van der Waals surface area contributed by atoms with Crippen molar-refractivity contribution >= 4 is 33.3 Å². The van der Waals surface area contributed by atoms with Crippen LogP contribution in [0.3, 0.4) is 0 Å². The summed E-state index contributed by atoms with van der Waals surface area (Å²) in [7, 11) is 0. The summed E-state index contributed by atoms with van der Waals surface area (Å²) < 4.78 is 29.3. The number of hydrogen-bond acceptors (Lipinski definition) is 7. The van der Waals surface area contributed by atoms with Crippen LogP contribution in [0.2, 0.25) is 0 Å². The van der Waals surface area contributed by atoms with Crippen LogP contribution in [-0.4, -0.2) is 78.8 Å². The summed E-state index contributed by atoms with van der Waals surface area (Å²) in [6, 6.07) is 12.8. The van der Waals surface area contributed by atoms with Gasteiger partial charge >= 0.3 is 0 Å². The van der Waals surface area contributed by atoms with Crippen LogP contribution in [0.4, 0.5) is 10.1 Å². The number of benzene rings is 3. The van der Waals surface area contributed by atoms with Crippen molar-refractivity contribution < 1.29 is 18.7 Å². The van der Waals surface area contributed by atoms with Gasteiger partial charge in [-0.2, -0.15) is 0 Å². The van der Waals surface area contributed by atoms with Crippen LogP contribution >= 0.6 is 0 Å². The molecule has 1 amide bonds. The zero-order valence-corrected chi connectivity index (χ0v) is 22.0. The van der Waals surface area contributed by atoms with Crippen LogP contribution in [0, 0.1) is 5.82 Å². The molecule has 0 saturated carbocycles. The second kappa shape index (κ2) is 9.88. The Morgan fingerprint density at radius 2 is 1.88 bits per heavy atom. The van der Waals surface area contributed by atoms with Crippen LogP contribution in [0.25, 0.3) is 27.4 Å². The van der Waals surface area contributed by atoms with E-state index in [2.05, 4.69) is 10.2 Å². The van der Waals surface area contributed by atoms with Crippen molar-refractivity contribution in [2.75, 3.05) is 57.8 Å². The second-order valence-corrected chi connectivity index (χ2v) is 10.7. The van der Waals surface area contributed by atoms with E-state index in [9.17, 15) is 9.59 Å². The third-order valence-electron chi connectivity index (χ3n) is 8.07. The van der Waals surface area contributed by atoms with Crippen LogP contribution in [-0.2, 0) is 4.74 Å². The number of carbonyl (C=O) groups excluding carboxylic acids is 1. The molecular formula is C30H30FN5O4. The quantitative estimate of drug-likeness (QED) is 0.351. The molecule has 9 nitrogen and oxygen atoms in total. The molecule has 206 valence electrons. The first kappa shape index (κ1) is 25.0. The van der Waals surface area contributed by atoms with Crippen LogP contribution < -0.4 is 21.2 Å². The van der Waals surface area contributed by atoms with Crippen molar-refractivity contribution in [3.63, 3.8) is 0 Å². The van der Waals surface area contributed by atoms with Crippen LogP contribution in [0.1, 0.15) is 16.8 Å². The van der Waals surface area contributed by atoms with Gasteiger partial charge in [-0.25, -0.2) is 4.39 Å². The van der Waals surface area contributed by atoms with Gasteiger partial charge in [-0.05, 0) is 35.4 Å². The number of aromatic nitrogens is 1. The van der Waals surface area contributed by atoms with Crippen molar-refractivity contribution in [3.05, 3.63) is 70.3 Å². The van der Waals surface area contributed by atoms with E-state index < -0.39 is 17.2 Å². The number of nitrogens with two attached hydrogens (primary N) is 1. The molecule has 4 heterocycles. The number of pyridine rings is 1. The van der Waals surface area contributed by atoms with E-state index in [1.807, 2.05) is 36.4 Å². The van der Waals surface area contributed by atoms with Gasteiger partial charge in [0.05, 0.1) is 24.3 Å². The van der Waals surface area contributed by atoms with Gasteiger partial charge in [0.1, 0.15) is 16.8 Å².